The first-order valence-electron chi connectivity index (χ1n) is 12.5. The number of pyridine rings is 1. The summed E-state index contributed by atoms with van der Waals surface area (Å²) in [6.07, 6.45) is 1.96. The standard InChI is InChI=1S/C28H34N4O3/c1-19-4-3-5-23(28(33)32-10-8-20(9-11-32)18-34-2)26(19)21-6-7-24-22(16-21)17-25(27(29)30-24)31-12-14-35-15-13-31/h3-7,16-17,20H,8-15,18H2,1-2H3,(H2,29,30). The number of hydrogen-bond donors (Lipinski definition) is 1. The van der Waals surface area contributed by atoms with E-state index >= 15 is 0 Å². The van der Waals surface area contributed by atoms with Crippen molar-refractivity contribution in [2.45, 2.75) is 19.8 Å². The van der Waals surface area contributed by atoms with E-state index in [4.69, 9.17) is 15.2 Å². The summed E-state index contributed by atoms with van der Waals surface area (Å²) in [5.74, 6) is 1.17. The number of aryl methyl sites for hydroxylation is 1. The lowest BCUT2D eigenvalue weighted by Gasteiger charge is -2.32. The summed E-state index contributed by atoms with van der Waals surface area (Å²) in [5.41, 5.74) is 12.0. The van der Waals surface area contributed by atoms with Crippen LogP contribution in [0.3, 0.4) is 0 Å². The van der Waals surface area contributed by atoms with E-state index in [1.54, 1.807) is 7.11 Å². The van der Waals surface area contributed by atoms with E-state index in [0.29, 0.717) is 24.9 Å². The number of benzene rings is 2. The summed E-state index contributed by atoms with van der Waals surface area (Å²) in [5, 5.41) is 1.01. The van der Waals surface area contributed by atoms with Crippen LogP contribution >= 0.6 is 0 Å². The number of hydrogen-bond acceptors (Lipinski definition) is 6. The zero-order valence-corrected chi connectivity index (χ0v) is 20.6. The lowest BCUT2D eigenvalue weighted by molar-refractivity contribution is 0.0614. The molecule has 3 aromatic rings. The Morgan fingerprint density at radius 1 is 1.11 bits per heavy atom. The molecule has 0 spiro atoms. The van der Waals surface area contributed by atoms with Crippen LogP contribution < -0.4 is 10.6 Å². The molecule has 2 fully saturated rings. The summed E-state index contributed by atoms with van der Waals surface area (Å²) in [6, 6.07) is 14.3. The van der Waals surface area contributed by atoms with Gasteiger partial charge < -0.3 is 25.0 Å². The van der Waals surface area contributed by atoms with Gasteiger partial charge in [0.2, 0.25) is 0 Å². The number of ether oxygens (including phenoxy) is 2. The second-order valence-electron chi connectivity index (χ2n) is 9.59. The number of carbonyl (C=O) groups is 1. The van der Waals surface area contributed by atoms with E-state index in [-0.39, 0.29) is 5.91 Å². The number of aromatic nitrogens is 1. The summed E-state index contributed by atoms with van der Waals surface area (Å²) in [7, 11) is 1.74. The Labute approximate surface area is 206 Å². The second-order valence-corrected chi connectivity index (χ2v) is 9.59. The number of methoxy groups -OCH3 is 1. The quantitative estimate of drug-likeness (QED) is 0.599. The van der Waals surface area contributed by atoms with Crippen LogP contribution in [0.1, 0.15) is 28.8 Å². The van der Waals surface area contributed by atoms with Gasteiger partial charge >= 0.3 is 0 Å². The molecule has 0 bridgehead atoms. The maximum Gasteiger partial charge on any atom is 0.254 e. The van der Waals surface area contributed by atoms with E-state index in [1.165, 1.54) is 0 Å². The van der Waals surface area contributed by atoms with Gasteiger partial charge in [-0.1, -0.05) is 18.2 Å². The number of piperidine rings is 1. The van der Waals surface area contributed by atoms with Crippen molar-refractivity contribution in [3.05, 3.63) is 53.6 Å². The predicted molar refractivity (Wildman–Crippen MR) is 140 cm³/mol. The number of nitrogen functional groups attached to an aromatic ring is 1. The first kappa shape index (κ1) is 23.6. The first-order valence-corrected chi connectivity index (χ1v) is 12.5. The van der Waals surface area contributed by atoms with Crippen molar-refractivity contribution >= 4 is 28.3 Å². The fraction of sp³-hybridized carbons (Fsp3) is 0.429. The van der Waals surface area contributed by atoms with Gasteiger partial charge in [-0.3, -0.25) is 4.79 Å². The maximum absolute atomic E-state index is 13.6. The van der Waals surface area contributed by atoms with Crippen LogP contribution in [0.2, 0.25) is 0 Å². The highest BCUT2D eigenvalue weighted by Gasteiger charge is 2.26. The number of morpholine rings is 1. The van der Waals surface area contributed by atoms with E-state index in [2.05, 4.69) is 35.0 Å². The number of nitrogens with two attached hydrogens (primary N) is 1. The zero-order valence-electron chi connectivity index (χ0n) is 20.6. The third-order valence-electron chi connectivity index (χ3n) is 7.27. The monoisotopic (exact) mass is 474 g/mol. The normalized spacial score (nSPS) is 17.2. The fourth-order valence-corrected chi connectivity index (χ4v) is 5.33. The van der Waals surface area contributed by atoms with Crippen LogP contribution in [0.25, 0.3) is 22.0 Å². The van der Waals surface area contributed by atoms with Gasteiger partial charge in [0.25, 0.3) is 5.91 Å². The van der Waals surface area contributed by atoms with Crippen molar-refractivity contribution in [3.63, 3.8) is 0 Å². The molecule has 35 heavy (non-hydrogen) atoms. The number of likely N-dealkylation sites (tertiary alicyclic amines) is 1. The van der Waals surface area contributed by atoms with Gasteiger partial charge in [0.1, 0.15) is 5.82 Å². The number of amides is 1. The third kappa shape index (κ3) is 4.83. The van der Waals surface area contributed by atoms with E-state index < -0.39 is 0 Å². The minimum Gasteiger partial charge on any atom is -0.384 e. The molecule has 2 aliphatic rings. The largest absolute Gasteiger partial charge is 0.384 e. The highest BCUT2D eigenvalue weighted by atomic mass is 16.5. The topological polar surface area (TPSA) is 80.9 Å². The molecule has 0 unspecified atom stereocenters. The van der Waals surface area contributed by atoms with Crippen molar-refractivity contribution in [1.29, 1.82) is 0 Å². The van der Waals surface area contributed by atoms with E-state index in [9.17, 15) is 4.79 Å². The molecule has 1 amide bonds. The highest BCUT2D eigenvalue weighted by molar-refractivity contribution is 6.03. The summed E-state index contributed by atoms with van der Waals surface area (Å²) >= 11 is 0. The van der Waals surface area contributed by atoms with E-state index in [1.807, 2.05) is 29.2 Å². The van der Waals surface area contributed by atoms with E-state index in [0.717, 1.165) is 84.5 Å². The van der Waals surface area contributed by atoms with Crippen molar-refractivity contribution in [2.75, 3.05) is 63.7 Å². The summed E-state index contributed by atoms with van der Waals surface area (Å²) in [4.78, 5) is 22.5. The summed E-state index contributed by atoms with van der Waals surface area (Å²) in [6.45, 7) is 7.35. The Balaban J connectivity index is 1.48. The third-order valence-corrected chi connectivity index (χ3v) is 7.27. The molecule has 7 heteroatoms. The molecule has 3 heterocycles. The molecule has 5 rings (SSSR count). The molecule has 0 saturated carbocycles. The SMILES string of the molecule is COCC1CCN(C(=O)c2cccc(C)c2-c2ccc3nc(N)c(N4CCOCC4)cc3c2)CC1. The molecule has 2 saturated heterocycles. The highest BCUT2D eigenvalue weighted by Crippen LogP contribution is 2.34. The Kier molecular flexibility index (Phi) is 6.88. The zero-order chi connectivity index (χ0) is 24.4. The number of rotatable bonds is 5. The average molecular weight is 475 g/mol. The number of fused-ring (bicyclic) bond motifs is 1. The maximum atomic E-state index is 13.6. The second kappa shape index (κ2) is 10.2. The fourth-order valence-electron chi connectivity index (χ4n) is 5.33. The Morgan fingerprint density at radius 2 is 1.89 bits per heavy atom. The molecule has 7 nitrogen and oxygen atoms in total. The molecule has 0 aliphatic carbocycles. The van der Waals surface area contributed by atoms with Crippen LogP contribution in [-0.4, -0.2) is 68.9 Å². The van der Waals surface area contributed by atoms with Gasteiger partial charge in [0.05, 0.1) is 24.4 Å². The first-order chi connectivity index (χ1) is 17.0. The molecule has 0 atom stereocenters. The number of anilines is 2. The molecule has 2 N–H and O–H groups in total. The minimum atomic E-state index is 0.101. The number of carbonyl (C=O) groups excluding carboxylic acids is 1. The van der Waals surface area contributed by atoms with Gasteiger partial charge in [0, 0.05) is 50.8 Å². The minimum absolute atomic E-state index is 0.101. The number of nitrogens with zero attached hydrogens (tertiary/aromatic N) is 3. The molecular formula is C28H34N4O3. The van der Waals surface area contributed by atoms with Crippen molar-refractivity contribution in [1.82, 2.24) is 9.88 Å². The Bertz CT molecular complexity index is 1210. The molecule has 2 aromatic carbocycles. The predicted octanol–water partition coefficient (Wildman–Crippen LogP) is 4.13. The molecule has 0 radical (unpaired) electrons. The Hall–Kier alpha value is -3.16. The lowest BCUT2D eigenvalue weighted by atomic mass is 9.92. The van der Waals surface area contributed by atoms with Crippen molar-refractivity contribution in [2.24, 2.45) is 5.92 Å². The van der Waals surface area contributed by atoms with Gasteiger partial charge in [0.15, 0.2) is 0 Å². The van der Waals surface area contributed by atoms with Crippen LogP contribution in [0, 0.1) is 12.8 Å². The van der Waals surface area contributed by atoms with Gasteiger partial charge in [-0.15, -0.1) is 0 Å². The van der Waals surface area contributed by atoms with Crippen molar-refractivity contribution in [3.8, 4) is 11.1 Å². The van der Waals surface area contributed by atoms with Crippen molar-refractivity contribution < 1.29 is 14.3 Å². The van der Waals surface area contributed by atoms with Crippen LogP contribution in [0.4, 0.5) is 11.5 Å². The summed E-state index contributed by atoms with van der Waals surface area (Å²) < 4.78 is 10.8. The van der Waals surface area contributed by atoms with Crippen LogP contribution in [0.15, 0.2) is 42.5 Å². The van der Waals surface area contributed by atoms with Gasteiger partial charge in [-0.05, 0) is 66.6 Å². The van der Waals surface area contributed by atoms with Crippen LogP contribution in [0.5, 0.6) is 0 Å². The Morgan fingerprint density at radius 3 is 2.63 bits per heavy atom. The molecule has 184 valence electrons. The smallest absolute Gasteiger partial charge is 0.254 e. The van der Waals surface area contributed by atoms with Gasteiger partial charge in [-0.25, -0.2) is 4.98 Å². The lowest BCUT2D eigenvalue weighted by Crippen LogP contribution is -2.39. The van der Waals surface area contributed by atoms with Gasteiger partial charge in [-0.2, -0.15) is 0 Å². The molecule has 2 aliphatic heterocycles. The average Bonchev–Trinajstić information content (AvgIpc) is 2.89. The van der Waals surface area contributed by atoms with Crippen LogP contribution in [-0.2, 0) is 9.47 Å². The molecule has 1 aromatic heterocycles. The molecular weight excluding hydrogens is 440 g/mol.